The lowest BCUT2D eigenvalue weighted by Crippen LogP contribution is -2.54. The van der Waals surface area contributed by atoms with Crippen molar-refractivity contribution >= 4 is 5.91 Å². The van der Waals surface area contributed by atoms with Crippen LogP contribution in [0.3, 0.4) is 0 Å². The highest BCUT2D eigenvalue weighted by Crippen LogP contribution is 2.55. The predicted molar refractivity (Wildman–Crippen MR) is 113 cm³/mol. The average molecular weight is 427 g/mol. The maximum atomic E-state index is 12.8. The minimum atomic E-state index is -0.329. The Balaban J connectivity index is 1.33. The zero-order valence-corrected chi connectivity index (χ0v) is 18.6. The Morgan fingerprint density at radius 3 is 2.71 bits per heavy atom. The topological polar surface area (TPSA) is 74.0 Å². The molecule has 0 aliphatic carbocycles. The van der Waals surface area contributed by atoms with Crippen LogP contribution >= 0.6 is 0 Å². The van der Waals surface area contributed by atoms with Crippen molar-refractivity contribution in [3.63, 3.8) is 0 Å². The average Bonchev–Trinajstić information content (AvgIpc) is 3.20. The van der Waals surface area contributed by atoms with E-state index in [2.05, 4.69) is 18.8 Å². The number of carbonyl (C=O) groups is 1. The first-order chi connectivity index (χ1) is 14.8. The summed E-state index contributed by atoms with van der Waals surface area (Å²) >= 11 is 0. The van der Waals surface area contributed by atoms with Crippen LogP contribution in [0.1, 0.15) is 61.2 Å². The van der Waals surface area contributed by atoms with Gasteiger partial charge in [0.25, 0.3) is 5.91 Å². The first-order valence-electron chi connectivity index (χ1n) is 11.0. The summed E-state index contributed by atoms with van der Waals surface area (Å²) in [6, 6.07) is 5.96. The Kier molecular flexibility index (Phi) is 4.77. The number of methoxy groups -OCH3 is 1. The number of aromatic nitrogens is 1. The number of nitrogens with zero attached hydrogens (tertiary/aromatic N) is 2. The summed E-state index contributed by atoms with van der Waals surface area (Å²) < 4.78 is 23.6. The Bertz CT molecular complexity index is 990. The summed E-state index contributed by atoms with van der Waals surface area (Å²) in [4.78, 5) is 18.8. The molecule has 7 nitrogen and oxygen atoms in total. The van der Waals surface area contributed by atoms with Gasteiger partial charge < -0.3 is 23.5 Å². The van der Waals surface area contributed by atoms with Crippen LogP contribution < -0.4 is 9.47 Å². The number of hydrogen-bond acceptors (Lipinski definition) is 6. The maximum Gasteiger partial charge on any atom is 0.275 e. The number of aryl methyl sites for hydroxylation is 1. The summed E-state index contributed by atoms with van der Waals surface area (Å²) in [7, 11) is 1.68. The van der Waals surface area contributed by atoms with E-state index in [1.54, 1.807) is 14.0 Å². The molecule has 0 radical (unpaired) electrons. The third-order valence-corrected chi connectivity index (χ3v) is 7.33. The number of likely N-dealkylation sites (tertiary alicyclic amines) is 1. The molecule has 3 aliphatic heterocycles. The van der Waals surface area contributed by atoms with Gasteiger partial charge in [0.15, 0.2) is 11.6 Å². The fraction of sp³-hybridized carbons (Fsp3) is 0.583. The van der Waals surface area contributed by atoms with Gasteiger partial charge in [-0.25, -0.2) is 4.98 Å². The van der Waals surface area contributed by atoms with Crippen LogP contribution in [0.25, 0.3) is 0 Å². The molecule has 2 atom stereocenters. The SMILES string of the molecule is COc1ccc2c(c1)[C@H]1OCC3(CCN(C(=O)c4coc(C)n4)CC3)C[C@@H]1C(C)(C)O2. The van der Waals surface area contributed by atoms with E-state index in [4.69, 9.17) is 18.6 Å². The van der Waals surface area contributed by atoms with Gasteiger partial charge in [0.2, 0.25) is 0 Å². The standard InChI is InChI=1S/C24H30N2O5/c1-15-25-19(13-29-15)22(27)26-9-7-24(8-10-26)12-18-21(30-14-24)17-11-16(28-4)5-6-20(17)31-23(18,2)3/h5-6,11,13,18,21H,7-10,12,14H2,1-4H3/t18-,21+/m0/s1. The number of rotatable bonds is 2. The largest absolute Gasteiger partial charge is 0.497 e. The van der Waals surface area contributed by atoms with E-state index < -0.39 is 0 Å². The Morgan fingerprint density at radius 1 is 1.26 bits per heavy atom. The lowest BCUT2D eigenvalue weighted by molar-refractivity contribution is -0.173. The number of hydrogen-bond donors (Lipinski definition) is 0. The monoisotopic (exact) mass is 426 g/mol. The molecule has 2 aromatic rings. The molecule has 3 aliphatic rings. The molecule has 0 saturated carbocycles. The molecule has 166 valence electrons. The predicted octanol–water partition coefficient (Wildman–Crippen LogP) is 4.16. The number of carbonyl (C=O) groups excluding carboxylic acids is 1. The molecule has 7 heteroatoms. The molecular weight excluding hydrogens is 396 g/mol. The molecule has 1 aromatic heterocycles. The number of oxazole rings is 1. The van der Waals surface area contributed by atoms with Crippen molar-refractivity contribution < 1.29 is 23.4 Å². The van der Waals surface area contributed by atoms with Crippen molar-refractivity contribution in [1.29, 1.82) is 0 Å². The quantitative estimate of drug-likeness (QED) is 0.718. The van der Waals surface area contributed by atoms with E-state index in [1.807, 2.05) is 23.1 Å². The molecule has 4 heterocycles. The number of amides is 1. The second-order valence-corrected chi connectivity index (χ2v) is 9.70. The molecule has 1 amide bonds. The van der Waals surface area contributed by atoms with E-state index in [-0.39, 0.29) is 28.9 Å². The van der Waals surface area contributed by atoms with Crippen LogP contribution in [-0.4, -0.2) is 48.2 Å². The first-order valence-corrected chi connectivity index (χ1v) is 11.0. The lowest BCUT2D eigenvalue weighted by Gasteiger charge is -2.54. The first kappa shape index (κ1) is 20.4. The molecule has 1 spiro atoms. The molecule has 0 N–H and O–H groups in total. The van der Waals surface area contributed by atoms with Crippen LogP contribution in [0.4, 0.5) is 0 Å². The summed E-state index contributed by atoms with van der Waals surface area (Å²) in [5.41, 5.74) is 1.20. The van der Waals surface area contributed by atoms with E-state index in [1.165, 1.54) is 6.26 Å². The van der Waals surface area contributed by atoms with E-state index >= 15 is 0 Å². The van der Waals surface area contributed by atoms with Gasteiger partial charge in [0.1, 0.15) is 23.4 Å². The van der Waals surface area contributed by atoms with Crippen molar-refractivity contribution in [3.05, 3.63) is 41.6 Å². The zero-order chi connectivity index (χ0) is 21.8. The molecule has 5 rings (SSSR count). The maximum absolute atomic E-state index is 12.8. The third-order valence-electron chi connectivity index (χ3n) is 7.33. The number of benzene rings is 1. The lowest BCUT2D eigenvalue weighted by atomic mass is 9.64. The fourth-order valence-electron chi connectivity index (χ4n) is 5.42. The molecule has 2 saturated heterocycles. The van der Waals surface area contributed by atoms with Crippen LogP contribution in [0.5, 0.6) is 11.5 Å². The highest BCUT2D eigenvalue weighted by atomic mass is 16.5. The second-order valence-electron chi connectivity index (χ2n) is 9.70. The van der Waals surface area contributed by atoms with Crippen LogP contribution in [0.2, 0.25) is 0 Å². The van der Waals surface area contributed by atoms with Crippen molar-refractivity contribution in [3.8, 4) is 11.5 Å². The van der Waals surface area contributed by atoms with Crippen molar-refractivity contribution in [2.75, 3.05) is 26.8 Å². The van der Waals surface area contributed by atoms with Crippen LogP contribution in [-0.2, 0) is 4.74 Å². The summed E-state index contributed by atoms with van der Waals surface area (Å²) in [6.45, 7) is 8.18. The Labute approximate surface area is 182 Å². The molecule has 1 aromatic carbocycles. The van der Waals surface area contributed by atoms with Gasteiger partial charge in [-0.15, -0.1) is 0 Å². The van der Waals surface area contributed by atoms with E-state index in [9.17, 15) is 4.79 Å². The summed E-state index contributed by atoms with van der Waals surface area (Å²) in [5.74, 6) is 2.40. The van der Waals surface area contributed by atoms with Crippen LogP contribution in [0.15, 0.2) is 28.9 Å². The Hall–Kier alpha value is -2.54. The van der Waals surface area contributed by atoms with E-state index in [0.717, 1.165) is 36.3 Å². The molecule has 2 fully saturated rings. The van der Waals surface area contributed by atoms with Crippen LogP contribution in [0, 0.1) is 18.3 Å². The molecular formula is C24H30N2O5. The van der Waals surface area contributed by atoms with Gasteiger partial charge >= 0.3 is 0 Å². The van der Waals surface area contributed by atoms with Gasteiger partial charge in [0.05, 0.1) is 19.8 Å². The Morgan fingerprint density at radius 2 is 2.03 bits per heavy atom. The summed E-state index contributed by atoms with van der Waals surface area (Å²) in [5, 5.41) is 0. The molecule has 0 bridgehead atoms. The summed E-state index contributed by atoms with van der Waals surface area (Å²) in [6.07, 6.45) is 4.30. The van der Waals surface area contributed by atoms with E-state index in [0.29, 0.717) is 31.3 Å². The van der Waals surface area contributed by atoms with Gasteiger partial charge in [-0.1, -0.05) is 0 Å². The van der Waals surface area contributed by atoms with Gasteiger partial charge in [-0.05, 0) is 56.7 Å². The minimum Gasteiger partial charge on any atom is -0.497 e. The number of fused-ring (bicyclic) bond motifs is 3. The van der Waals surface area contributed by atoms with Crippen molar-refractivity contribution in [1.82, 2.24) is 9.88 Å². The van der Waals surface area contributed by atoms with Crippen molar-refractivity contribution in [2.45, 2.75) is 51.7 Å². The van der Waals surface area contributed by atoms with Crippen molar-refractivity contribution in [2.24, 2.45) is 11.3 Å². The zero-order valence-electron chi connectivity index (χ0n) is 18.6. The highest BCUT2D eigenvalue weighted by molar-refractivity contribution is 5.92. The number of ether oxygens (including phenoxy) is 3. The van der Waals surface area contributed by atoms with Gasteiger partial charge in [-0.3, -0.25) is 4.79 Å². The normalized spacial score (nSPS) is 26.0. The van der Waals surface area contributed by atoms with Gasteiger partial charge in [0, 0.05) is 31.5 Å². The van der Waals surface area contributed by atoms with Gasteiger partial charge in [-0.2, -0.15) is 0 Å². The molecule has 0 unspecified atom stereocenters. The smallest absolute Gasteiger partial charge is 0.275 e. The minimum absolute atomic E-state index is 0.00255. The molecule has 31 heavy (non-hydrogen) atoms. The second kappa shape index (κ2) is 7.26. The third kappa shape index (κ3) is 3.49. The highest BCUT2D eigenvalue weighted by Gasteiger charge is 2.53. The number of piperidine rings is 1. The fourth-order valence-corrected chi connectivity index (χ4v) is 5.42.